The monoisotopic (exact) mass is 151 g/mol. The largest absolute Gasteiger partial charge is 0.373 e. The molecule has 1 atom stereocenters. The number of hydrogen-bond donors (Lipinski definition) is 2. The Labute approximate surface area is 66.6 Å². The van der Waals surface area contributed by atoms with Gasteiger partial charge in [0.1, 0.15) is 5.82 Å². The minimum atomic E-state index is 0.0335. The maximum Gasteiger partial charge on any atom is 0.130 e. The Morgan fingerprint density at radius 1 is 1.64 bits per heavy atom. The van der Waals surface area contributed by atoms with Crippen LogP contribution < -0.4 is 11.1 Å². The number of nitrogens with two attached hydrogens (primary N) is 1. The van der Waals surface area contributed by atoms with Crippen LogP contribution >= 0.6 is 0 Å². The lowest BCUT2D eigenvalue weighted by molar-refractivity contribution is 0.814. The molecule has 0 amide bonds. The van der Waals surface area contributed by atoms with Gasteiger partial charge in [0, 0.05) is 24.8 Å². The highest BCUT2D eigenvalue weighted by Crippen LogP contribution is 2.16. The molecule has 60 valence electrons. The summed E-state index contributed by atoms with van der Waals surface area (Å²) in [5.74, 6) is 0.863. The van der Waals surface area contributed by atoms with Crippen molar-refractivity contribution in [1.82, 2.24) is 4.98 Å². The van der Waals surface area contributed by atoms with Crippen molar-refractivity contribution in [2.75, 3.05) is 12.4 Å². The number of hydrogen-bond acceptors (Lipinski definition) is 3. The van der Waals surface area contributed by atoms with E-state index in [-0.39, 0.29) is 6.04 Å². The Morgan fingerprint density at radius 3 is 2.82 bits per heavy atom. The molecule has 1 aromatic heterocycles. The molecule has 11 heavy (non-hydrogen) atoms. The SMILES string of the molecule is CNc1ncccc1[C@H](C)N. The van der Waals surface area contributed by atoms with Gasteiger partial charge in [0.2, 0.25) is 0 Å². The molecule has 3 nitrogen and oxygen atoms in total. The Morgan fingerprint density at radius 2 is 2.36 bits per heavy atom. The van der Waals surface area contributed by atoms with Crippen LogP contribution in [0.2, 0.25) is 0 Å². The minimum absolute atomic E-state index is 0.0335. The summed E-state index contributed by atoms with van der Waals surface area (Å²) in [4.78, 5) is 4.13. The van der Waals surface area contributed by atoms with Crippen molar-refractivity contribution in [1.29, 1.82) is 0 Å². The first-order chi connectivity index (χ1) is 5.25. The third kappa shape index (κ3) is 1.68. The van der Waals surface area contributed by atoms with Gasteiger partial charge < -0.3 is 11.1 Å². The van der Waals surface area contributed by atoms with Crippen molar-refractivity contribution >= 4 is 5.82 Å². The van der Waals surface area contributed by atoms with Crippen LogP contribution in [-0.2, 0) is 0 Å². The van der Waals surface area contributed by atoms with Crippen molar-refractivity contribution in [3.05, 3.63) is 23.9 Å². The maximum absolute atomic E-state index is 5.71. The zero-order valence-corrected chi connectivity index (χ0v) is 6.83. The minimum Gasteiger partial charge on any atom is -0.373 e. The molecule has 1 rings (SSSR count). The van der Waals surface area contributed by atoms with Crippen LogP contribution in [0.15, 0.2) is 18.3 Å². The summed E-state index contributed by atoms with van der Waals surface area (Å²) in [6.45, 7) is 1.94. The molecule has 0 spiro atoms. The highest BCUT2D eigenvalue weighted by molar-refractivity contribution is 5.44. The summed E-state index contributed by atoms with van der Waals surface area (Å²) >= 11 is 0. The molecule has 3 heteroatoms. The summed E-state index contributed by atoms with van der Waals surface area (Å²) in [6, 6.07) is 3.90. The Hall–Kier alpha value is -1.09. The van der Waals surface area contributed by atoms with Crippen LogP contribution in [0.1, 0.15) is 18.5 Å². The van der Waals surface area contributed by atoms with Gasteiger partial charge >= 0.3 is 0 Å². The van der Waals surface area contributed by atoms with E-state index in [9.17, 15) is 0 Å². The highest BCUT2D eigenvalue weighted by Gasteiger charge is 2.04. The molecule has 0 saturated heterocycles. The number of aromatic nitrogens is 1. The molecule has 1 heterocycles. The quantitative estimate of drug-likeness (QED) is 0.666. The van der Waals surface area contributed by atoms with Gasteiger partial charge in [-0.15, -0.1) is 0 Å². The van der Waals surface area contributed by atoms with Gasteiger partial charge in [0.15, 0.2) is 0 Å². The van der Waals surface area contributed by atoms with Crippen LogP contribution in [0.4, 0.5) is 5.82 Å². The van der Waals surface area contributed by atoms with E-state index in [1.807, 2.05) is 26.1 Å². The molecular formula is C8H13N3. The van der Waals surface area contributed by atoms with Crippen LogP contribution in [0, 0.1) is 0 Å². The average molecular weight is 151 g/mol. The van der Waals surface area contributed by atoms with E-state index in [1.165, 1.54) is 0 Å². The fourth-order valence-electron chi connectivity index (χ4n) is 0.994. The van der Waals surface area contributed by atoms with E-state index < -0.39 is 0 Å². The van der Waals surface area contributed by atoms with Crippen LogP contribution in [0.5, 0.6) is 0 Å². The molecule has 3 N–H and O–H groups in total. The lowest BCUT2D eigenvalue weighted by Crippen LogP contribution is -2.08. The third-order valence-corrected chi connectivity index (χ3v) is 1.57. The average Bonchev–Trinajstić information content (AvgIpc) is 2.04. The van der Waals surface area contributed by atoms with Crippen molar-refractivity contribution < 1.29 is 0 Å². The van der Waals surface area contributed by atoms with E-state index in [1.54, 1.807) is 6.20 Å². The first kappa shape index (κ1) is 8.01. The smallest absolute Gasteiger partial charge is 0.130 e. The number of anilines is 1. The summed E-state index contributed by atoms with van der Waals surface area (Å²) in [7, 11) is 1.84. The predicted octanol–water partition coefficient (Wildman–Crippen LogP) is 1.14. The number of pyridine rings is 1. The third-order valence-electron chi connectivity index (χ3n) is 1.57. The first-order valence-electron chi connectivity index (χ1n) is 3.64. The van der Waals surface area contributed by atoms with E-state index in [0.717, 1.165) is 11.4 Å². The van der Waals surface area contributed by atoms with Gasteiger partial charge in [0.05, 0.1) is 0 Å². The van der Waals surface area contributed by atoms with Crippen molar-refractivity contribution in [3.8, 4) is 0 Å². The fraction of sp³-hybridized carbons (Fsp3) is 0.375. The highest BCUT2D eigenvalue weighted by atomic mass is 15.0. The molecule has 0 bridgehead atoms. The molecule has 0 aliphatic rings. The lowest BCUT2D eigenvalue weighted by Gasteiger charge is -2.09. The van der Waals surface area contributed by atoms with E-state index in [2.05, 4.69) is 10.3 Å². The molecule has 0 saturated carbocycles. The van der Waals surface area contributed by atoms with E-state index in [0.29, 0.717) is 0 Å². The van der Waals surface area contributed by atoms with Gasteiger partial charge in [-0.05, 0) is 13.0 Å². The number of nitrogens with zero attached hydrogens (tertiary/aromatic N) is 1. The fourth-order valence-corrected chi connectivity index (χ4v) is 0.994. The Kier molecular flexibility index (Phi) is 2.44. The van der Waals surface area contributed by atoms with Gasteiger partial charge in [0.25, 0.3) is 0 Å². The lowest BCUT2D eigenvalue weighted by atomic mass is 10.1. The molecule has 0 fully saturated rings. The topological polar surface area (TPSA) is 50.9 Å². The van der Waals surface area contributed by atoms with Gasteiger partial charge in [-0.2, -0.15) is 0 Å². The second kappa shape index (κ2) is 3.34. The second-order valence-corrected chi connectivity index (χ2v) is 2.48. The van der Waals surface area contributed by atoms with Crippen molar-refractivity contribution in [2.24, 2.45) is 5.73 Å². The molecule has 0 aliphatic heterocycles. The van der Waals surface area contributed by atoms with Crippen molar-refractivity contribution in [3.63, 3.8) is 0 Å². The summed E-state index contributed by atoms with van der Waals surface area (Å²) in [5, 5.41) is 2.99. The standard InChI is InChI=1S/C8H13N3/c1-6(9)7-4-3-5-11-8(7)10-2/h3-6H,9H2,1-2H3,(H,10,11)/t6-/m0/s1. The molecule has 0 radical (unpaired) electrons. The zero-order chi connectivity index (χ0) is 8.27. The summed E-state index contributed by atoms with van der Waals surface area (Å²) in [5.41, 5.74) is 6.76. The van der Waals surface area contributed by atoms with Gasteiger partial charge in [-0.1, -0.05) is 6.07 Å². The van der Waals surface area contributed by atoms with Crippen LogP contribution in [0.25, 0.3) is 0 Å². The summed E-state index contributed by atoms with van der Waals surface area (Å²) < 4.78 is 0. The van der Waals surface area contributed by atoms with Crippen LogP contribution in [0.3, 0.4) is 0 Å². The molecule has 0 unspecified atom stereocenters. The van der Waals surface area contributed by atoms with E-state index in [4.69, 9.17) is 5.73 Å². The second-order valence-electron chi connectivity index (χ2n) is 2.48. The van der Waals surface area contributed by atoms with Gasteiger partial charge in [-0.25, -0.2) is 4.98 Å². The maximum atomic E-state index is 5.71. The first-order valence-corrected chi connectivity index (χ1v) is 3.64. The zero-order valence-electron chi connectivity index (χ0n) is 6.83. The molecule has 0 aromatic carbocycles. The number of nitrogens with one attached hydrogen (secondary N) is 1. The van der Waals surface area contributed by atoms with Crippen molar-refractivity contribution in [2.45, 2.75) is 13.0 Å². The predicted molar refractivity (Wildman–Crippen MR) is 46.4 cm³/mol. The van der Waals surface area contributed by atoms with Crippen LogP contribution in [-0.4, -0.2) is 12.0 Å². The molecule has 1 aromatic rings. The Balaban J connectivity index is 3.02. The number of rotatable bonds is 2. The molecule has 0 aliphatic carbocycles. The Bertz CT molecular complexity index is 233. The van der Waals surface area contributed by atoms with Gasteiger partial charge in [-0.3, -0.25) is 0 Å². The normalized spacial score (nSPS) is 12.6. The molecular weight excluding hydrogens is 138 g/mol. The summed E-state index contributed by atoms with van der Waals surface area (Å²) in [6.07, 6.45) is 1.75. The van der Waals surface area contributed by atoms with E-state index >= 15 is 0 Å².